The van der Waals surface area contributed by atoms with E-state index in [1.54, 1.807) is 6.92 Å². The zero-order chi connectivity index (χ0) is 16.7. The molecule has 1 aromatic carbocycles. The number of aromatic nitrogens is 1. The van der Waals surface area contributed by atoms with Crippen molar-refractivity contribution >= 4 is 11.9 Å². The quantitative estimate of drug-likeness (QED) is 0.794. The van der Waals surface area contributed by atoms with Crippen molar-refractivity contribution in [3.63, 3.8) is 0 Å². The Morgan fingerprint density at radius 1 is 1.30 bits per heavy atom. The molecule has 6 heteroatoms. The summed E-state index contributed by atoms with van der Waals surface area (Å²) >= 11 is 0. The summed E-state index contributed by atoms with van der Waals surface area (Å²) in [5.41, 5.74) is 1.60. The van der Waals surface area contributed by atoms with Gasteiger partial charge < -0.3 is 14.6 Å². The Balaban J connectivity index is 1.88. The standard InChI is InChI=1S/C17H20N2O4/c1-3-7-14(13-8-5-4-6-9-13)18-16(20)11-22-17(21)15-10-12(2)19-23-15/h4-6,8-10,14H,3,7,11H2,1-2H3,(H,18,20). The van der Waals surface area contributed by atoms with Crippen LogP contribution in [0.1, 0.15) is 47.6 Å². The van der Waals surface area contributed by atoms with E-state index < -0.39 is 5.97 Å². The number of rotatable bonds is 7. The third-order valence-electron chi connectivity index (χ3n) is 3.28. The molecule has 1 unspecified atom stereocenters. The largest absolute Gasteiger partial charge is 0.450 e. The first-order valence-corrected chi connectivity index (χ1v) is 7.55. The van der Waals surface area contributed by atoms with E-state index in [0.29, 0.717) is 5.69 Å². The van der Waals surface area contributed by atoms with E-state index in [2.05, 4.69) is 10.5 Å². The van der Waals surface area contributed by atoms with Crippen LogP contribution in [-0.2, 0) is 9.53 Å². The Morgan fingerprint density at radius 3 is 2.65 bits per heavy atom. The number of benzene rings is 1. The molecule has 6 nitrogen and oxygen atoms in total. The van der Waals surface area contributed by atoms with Crippen LogP contribution in [0, 0.1) is 6.92 Å². The lowest BCUT2D eigenvalue weighted by molar-refractivity contribution is -0.125. The molecule has 0 bridgehead atoms. The molecule has 0 spiro atoms. The lowest BCUT2D eigenvalue weighted by Crippen LogP contribution is -2.32. The molecule has 122 valence electrons. The van der Waals surface area contributed by atoms with E-state index in [9.17, 15) is 9.59 Å². The molecule has 1 aromatic heterocycles. The van der Waals surface area contributed by atoms with Crippen molar-refractivity contribution in [2.75, 3.05) is 6.61 Å². The van der Waals surface area contributed by atoms with Crippen molar-refractivity contribution < 1.29 is 18.8 Å². The Hall–Kier alpha value is -2.63. The van der Waals surface area contributed by atoms with E-state index in [-0.39, 0.29) is 24.3 Å². The fraction of sp³-hybridized carbons (Fsp3) is 0.353. The van der Waals surface area contributed by atoms with Crippen LogP contribution in [0.5, 0.6) is 0 Å². The molecule has 0 radical (unpaired) electrons. The first kappa shape index (κ1) is 16.7. The van der Waals surface area contributed by atoms with Crippen LogP contribution < -0.4 is 5.32 Å². The maximum Gasteiger partial charge on any atom is 0.377 e. The molecule has 2 rings (SSSR count). The molecule has 2 aromatic rings. The second kappa shape index (κ2) is 8.12. The molecule has 1 N–H and O–H groups in total. The third kappa shape index (κ3) is 4.95. The maximum absolute atomic E-state index is 12.0. The zero-order valence-corrected chi connectivity index (χ0v) is 13.2. The van der Waals surface area contributed by atoms with Crippen LogP contribution >= 0.6 is 0 Å². The summed E-state index contributed by atoms with van der Waals surface area (Å²) in [6, 6.07) is 11.1. The zero-order valence-electron chi connectivity index (χ0n) is 13.2. The lowest BCUT2D eigenvalue weighted by atomic mass is 10.0. The second-order valence-corrected chi connectivity index (χ2v) is 5.23. The number of carbonyl (C=O) groups is 2. The molecule has 1 amide bonds. The molecule has 0 aliphatic heterocycles. The van der Waals surface area contributed by atoms with Crippen LogP contribution in [0.25, 0.3) is 0 Å². The van der Waals surface area contributed by atoms with Crippen LogP contribution in [0.2, 0.25) is 0 Å². The Bertz CT molecular complexity index is 652. The van der Waals surface area contributed by atoms with Gasteiger partial charge in [-0.3, -0.25) is 4.79 Å². The number of ether oxygens (including phenoxy) is 1. The van der Waals surface area contributed by atoms with E-state index in [1.165, 1.54) is 6.07 Å². The number of nitrogens with one attached hydrogen (secondary N) is 1. The molecule has 0 aliphatic rings. The summed E-state index contributed by atoms with van der Waals surface area (Å²) in [6.45, 7) is 3.39. The van der Waals surface area contributed by atoms with Gasteiger partial charge in [-0.2, -0.15) is 0 Å². The first-order chi connectivity index (χ1) is 11.1. The number of amides is 1. The highest BCUT2D eigenvalue weighted by atomic mass is 16.6. The van der Waals surface area contributed by atoms with Crippen LogP contribution in [0.4, 0.5) is 0 Å². The molecule has 0 saturated heterocycles. The number of hydrogen-bond donors (Lipinski definition) is 1. The van der Waals surface area contributed by atoms with E-state index >= 15 is 0 Å². The van der Waals surface area contributed by atoms with Gasteiger partial charge in [0.15, 0.2) is 6.61 Å². The summed E-state index contributed by atoms with van der Waals surface area (Å²) in [6.07, 6.45) is 1.74. The van der Waals surface area contributed by atoms with Gasteiger partial charge in [-0.05, 0) is 18.9 Å². The van der Waals surface area contributed by atoms with Crippen LogP contribution in [0.15, 0.2) is 40.9 Å². The Kier molecular flexibility index (Phi) is 5.91. The van der Waals surface area contributed by atoms with Gasteiger partial charge in [0.25, 0.3) is 5.91 Å². The fourth-order valence-electron chi connectivity index (χ4n) is 2.19. The molecule has 1 heterocycles. The highest BCUT2D eigenvalue weighted by Gasteiger charge is 2.17. The van der Waals surface area contributed by atoms with Crippen molar-refractivity contribution in [1.82, 2.24) is 10.5 Å². The van der Waals surface area contributed by atoms with Crippen molar-refractivity contribution in [2.45, 2.75) is 32.7 Å². The SMILES string of the molecule is CCCC(NC(=O)COC(=O)c1cc(C)no1)c1ccccc1. The van der Waals surface area contributed by atoms with Crippen molar-refractivity contribution in [1.29, 1.82) is 0 Å². The average molecular weight is 316 g/mol. The summed E-state index contributed by atoms with van der Waals surface area (Å²) in [4.78, 5) is 23.7. The normalized spacial score (nSPS) is 11.7. The summed E-state index contributed by atoms with van der Waals surface area (Å²) in [5, 5.41) is 6.48. The monoisotopic (exact) mass is 316 g/mol. The van der Waals surface area contributed by atoms with Crippen LogP contribution in [-0.4, -0.2) is 23.6 Å². The lowest BCUT2D eigenvalue weighted by Gasteiger charge is -2.18. The number of carbonyl (C=O) groups excluding carboxylic acids is 2. The molecule has 0 aliphatic carbocycles. The minimum Gasteiger partial charge on any atom is -0.450 e. The smallest absolute Gasteiger partial charge is 0.377 e. The van der Waals surface area contributed by atoms with E-state index in [1.807, 2.05) is 37.3 Å². The second-order valence-electron chi connectivity index (χ2n) is 5.23. The van der Waals surface area contributed by atoms with Gasteiger partial charge in [-0.25, -0.2) is 4.79 Å². The average Bonchev–Trinajstić information content (AvgIpc) is 2.99. The van der Waals surface area contributed by atoms with Gasteiger partial charge >= 0.3 is 5.97 Å². The topological polar surface area (TPSA) is 81.4 Å². The number of hydrogen-bond acceptors (Lipinski definition) is 5. The molecular weight excluding hydrogens is 296 g/mol. The summed E-state index contributed by atoms with van der Waals surface area (Å²) in [5.74, 6) is -1.06. The van der Waals surface area contributed by atoms with E-state index in [0.717, 1.165) is 18.4 Å². The maximum atomic E-state index is 12.0. The first-order valence-electron chi connectivity index (χ1n) is 7.55. The highest BCUT2D eigenvalue weighted by molar-refractivity contribution is 5.88. The summed E-state index contributed by atoms with van der Waals surface area (Å²) in [7, 11) is 0. The van der Waals surface area contributed by atoms with Crippen LogP contribution in [0.3, 0.4) is 0 Å². The highest BCUT2D eigenvalue weighted by Crippen LogP contribution is 2.17. The molecule has 23 heavy (non-hydrogen) atoms. The van der Waals surface area contributed by atoms with Gasteiger partial charge in [0.1, 0.15) is 0 Å². The van der Waals surface area contributed by atoms with E-state index in [4.69, 9.17) is 9.26 Å². The van der Waals surface area contributed by atoms with Gasteiger partial charge in [-0.15, -0.1) is 0 Å². The molecule has 1 atom stereocenters. The Morgan fingerprint density at radius 2 is 2.04 bits per heavy atom. The predicted octanol–water partition coefficient (Wildman–Crippen LogP) is 2.80. The van der Waals surface area contributed by atoms with Gasteiger partial charge in [0, 0.05) is 6.07 Å². The summed E-state index contributed by atoms with van der Waals surface area (Å²) < 4.78 is 9.72. The van der Waals surface area contributed by atoms with Gasteiger partial charge in [0.05, 0.1) is 11.7 Å². The number of aryl methyl sites for hydroxylation is 1. The predicted molar refractivity (Wildman–Crippen MR) is 83.8 cm³/mol. The van der Waals surface area contributed by atoms with Crippen molar-refractivity contribution in [2.24, 2.45) is 0 Å². The Labute approximate surface area is 134 Å². The minimum atomic E-state index is -0.701. The van der Waals surface area contributed by atoms with Crippen molar-refractivity contribution in [3.8, 4) is 0 Å². The molecular formula is C17H20N2O4. The van der Waals surface area contributed by atoms with Gasteiger partial charge in [0.2, 0.25) is 5.76 Å². The molecule has 0 saturated carbocycles. The fourth-order valence-corrected chi connectivity index (χ4v) is 2.19. The third-order valence-corrected chi connectivity index (χ3v) is 3.28. The number of nitrogens with zero attached hydrogens (tertiary/aromatic N) is 1. The van der Waals surface area contributed by atoms with Crippen molar-refractivity contribution in [3.05, 3.63) is 53.4 Å². The number of esters is 1. The van der Waals surface area contributed by atoms with Gasteiger partial charge in [-0.1, -0.05) is 48.8 Å². The molecule has 0 fully saturated rings. The minimum absolute atomic E-state index is 0.0107.